The number of hydrogen-bond donors (Lipinski definition) is 2. The van der Waals surface area contributed by atoms with E-state index in [0.29, 0.717) is 24.7 Å². The summed E-state index contributed by atoms with van der Waals surface area (Å²) in [5.41, 5.74) is 1.64. The van der Waals surface area contributed by atoms with E-state index in [1.54, 1.807) is 11.0 Å². The molecule has 0 radical (unpaired) electrons. The molecule has 0 aromatic heterocycles. The summed E-state index contributed by atoms with van der Waals surface area (Å²) >= 11 is 6.12. The number of carbonyl (C=O) groups excluding carboxylic acids is 2. The highest BCUT2D eigenvalue weighted by Crippen LogP contribution is 2.19. The maximum absolute atomic E-state index is 12.5. The van der Waals surface area contributed by atoms with Gasteiger partial charge in [0.05, 0.1) is 5.92 Å². The number of piperidine rings is 1. The second-order valence-corrected chi connectivity index (χ2v) is 6.80. The largest absolute Gasteiger partial charge is 0.352 e. The lowest BCUT2D eigenvalue weighted by molar-refractivity contribution is -0.126. The van der Waals surface area contributed by atoms with Crippen LogP contribution < -0.4 is 10.6 Å². The molecule has 1 atom stereocenters. The molecule has 2 aromatic rings. The first-order valence-corrected chi connectivity index (χ1v) is 9.13. The Labute approximate surface area is 158 Å². The van der Waals surface area contributed by atoms with E-state index < -0.39 is 0 Å². The molecule has 0 saturated carbocycles. The van der Waals surface area contributed by atoms with Crippen LogP contribution in [0.4, 0.5) is 10.5 Å². The molecule has 1 aliphatic rings. The predicted octanol–water partition coefficient (Wildman–Crippen LogP) is 3.90. The minimum absolute atomic E-state index is 0.0397. The number of hydrogen-bond acceptors (Lipinski definition) is 2. The molecule has 6 heteroatoms. The van der Waals surface area contributed by atoms with Crippen molar-refractivity contribution in [3.05, 3.63) is 65.2 Å². The van der Waals surface area contributed by atoms with Crippen LogP contribution in [0.3, 0.4) is 0 Å². The van der Waals surface area contributed by atoms with Crippen LogP contribution in [-0.2, 0) is 11.3 Å². The highest BCUT2D eigenvalue weighted by atomic mass is 35.5. The molecule has 1 heterocycles. The summed E-state index contributed by atoms with van der Waals surface area (Å²) in [7, 11) is 0. The summed E-state index contributed by atoms with van der Waals surface area (Å²) in [6, 6.07) is 16.6. The van der Waals surface area contributed by atoms with E-state index in [0.717, 1.165) is 24.1 Å². The second-order valence-electron chi connectivity index (χ2n) is 6.39. The Morgan fingerprint density at radius 1 is 1.08 bits per heavy atom. The summed E-state index contributed by atoms with van der Waals surface area (Å²) in [6.45, 7) is 1.48. The lowest BCUT2D eigenvalue weighted by atomic mass is 9.97. The Kier molecular flexibility index (Phi) is 6.12. The highest BCUT2D eigenvalue weighted by molar-refractivity contribution is 6.31. The number of nitrogens with zero attached hydrogens (tertiary/aromatic N) is 1. The Morgan fingerprint density at radius 3 is 2.58 bits per heavy atom. The van der Waals surface area contributed by atoms with Gasteiger partial charge in [-0.1, -0.05) is 48.0 Å². The van der Waals surface area contributed by atoms with Gasteiger partial charge in [0.1, 0.15) is 0 Å². The predicted molar refractivity (Wildman–Crippen MR) is 103 cm³/mol. The lowest BCUT2D eigenvalue weighted by Gasteiger charge is -2.32. The molecule has 1 saturated heterocycles. The molecule has 1 aliphatic heterocycles. The first-order valence-electron chi connectivity index (χ1n) is 8.75. The van der Waals surface area contributed by atoms with Gasteiger partial charge in [-0.2, -0.15) is 0 Å². The highest BCUT2D eigenvalue weighted by Gasteiger charge is 2.28. The SMILES string of the molecule is O=C(NCc1ccccc1Cl)[C@H]1CCCN(C(=O)Nc2ccccc2)C1. The molecule has 2 aromatic carbocycles. The van der Waals surface area contributed by atoms with Crippen molar-refractivity contribution in [2.75, 3.05) is 18.4 Å². The molecule has 3 rings (SSSR count). The van der Waals surface area contributed by atoms with Crippen LogP contribution in [0.5, 0.6) is 0 Å². The zero-order valence-corrected chi connectivity index (χ0v) is 15.2. The van der Waals surface area contributed by atoms with E-state index in [1.165, 1.54) is 0 Å². The molecule has 5 nitrogen and oxygen atoms in total. The molecule has 3 amide bonds. The molecular weight excluding hydrogens is 350 g/mol. The van der Waals surface area contributed by atoms with Crippen molar-refractivity contribution < 1.29 is 9.59 Å². The van der Waals surface area contributed by atoms with Gasteiger partial charge in [0.2, 0.25) is 5.91 Å². The van der Waals surface area contributed by atoms with E-state index in [4.69, 9.17) is 11.6 Å². The minimum atomic E-state index is -0.201. The Balaban J connectivity index is 1.53. The lowest BCUT2D eigenvalue weighted by Crippen LogP contribution is -2.46. The molecule has 26 heavy (non-hydrogen) atoms. The third-order valence-corrected chi connectivity index (χ3v) is 4.88. The van der Waals surface area contributed by atoms with E-state index in [1.807, 2.05) is 48.5 Å². The average Bonchev–Trinajstić information content (AvgIpc) is 2.68. The van der Waals surface area contributed by atoms with Crippen LogP contribution >= 0.6 is 11.6 Å². The molecule has 2 N–H and O–H groups in total. The van der Waals surface area contributed by atoms with Crippen molar-refractivity contribution in [1.29, 1.82) is 0 Å². The molecule has 0 spiro atoms. The van der Waals surface area contributed by atoms with Gasteiger partial charge in [-0.05, 0) is 36.6 Å². The first-order chi connectivity index (χ1) is 12.6. The molecule has 136 valence electrons. The smallest absolute Gasteiger partial charge is 0.321 e. The topological polar surface area (TPSA) is 61.4 Å². The molecule has 1 fully saturated rings. The van der Waals surface area contributed by atoms with Crippen molar-refractivity contribution in [2.45, 2.75) is 19.4 Å². The van der Waals surface area contributed by atoms with Gasteiger partial charge in [-0.25, -0.2) is 4.79 Å². The second kappa shape index (κ2) is 8.72. The number of rotatable bonds is 4. The van der Waals surface area contributed by atoms with E-state index in [2.05, 4.69) is 10.6 Å². The van der Waals surface area contributed by atoms with Gasteiger partial charge in [-0.3, -0.25) is 4.79 Å². The van der Waals surface area contributed by atoms with Crippen molar-refractivity contribution in [2.24, 2.45) is 5.92 Å². The van der Waals surface area contributed by atoms with Crippen LogP contribution in [-0.4, -0.2) is 29.9 Å². The zero-order valence-electron chi connectivity index (χ0n) is 14.5. The number of carbonyl (C=O) groups is 2. The number of benzene rings is 2. The van der Waals surface area contributed by atoms with Crippen molar-refractivity contribution in [1.82, 2.24) is 10.2 Å². The Morgan fingerprint density at radius 2 is 1.81 bits per heavy atom. The number of para-hydroxylation sites is 1. The molecule has 0 aliphatic carbocycles. The van der Waals surface area contributed by atoms with Crippen LogP contribution in [0.25, 0.3) is 0 Å². The fourth-order valence-corrected chi connectivity index (χ4v) is 3.27. The number of halogens is 1. The van der Waals surface area contributed by atoms with Crippen molar-refractivity contribution in [3.63, 3.8) is 0 Å². The van der Waals surface area contributed by atoms with Crippen molar-refractivity contribution in [3.8, 4) is 0 Å². The summed E-state index contributed by atoms with van der Waals surface area (Å²) in [5, 5.41) is 6.45. The van der Waals surface area contributed by atoms with Gasteiger partial charge in [0.15, 0.2) is 0 Å². The molecular formula is C20H22ClN3O2. The normalized spacial score (nSPS) is 16.8. The third-order valence-electron chi connectivity index (χ3n) is 4.52. The monoisotopic (exact) mass is 371 g/mol. The van der Waals surface area contributed by atoms with Crippen LogP contribution in [0.15, 0.2) is 54.6 Å². The zero-order chi connectivity index (χ0) is 18.4. The molecule has 0 bridgehead atoms. The number of likely N-dealkylation sites (tertiary alicyclic amines) is 1. The van der Waals surface area contributed by atoms with E-state index >= 15 is 0 Å². The van der Waals surface area contributed by atoms with Crippen LogP contribution in [0, 0.1) is 5.92 Å². The summed E-state index contributed by atoms with van der Waals surface area (Å²) in [4.78, 5) is 26.6. The van der Waals surface area contributed by atoms with E-state index in [9.17, 15) is 9.59 Å². The minimum Gasteiger partial charge on any atom is -0.352 e. The maximum Gasteiger partial charge on any atom is 0.321 e. The first kappa shape index (κ1) is 18.3. The van der Waals surface area contributed by atoms with Gasteiger partial charge >= 0.3 is 6.03 Å². The van der Waals surface area contributed by atoms with Gasteiger partial charge in [-0.15, -0.1) is 0 Å². The average molecular weight is 372 g/mol. The fourth-order valence-electron chi connectivity index (χ4n) is 3.07. The maximum atomic E-state index is 12.5. The number of amides is 3. The van der Waals surface area contributed by atoms with E-state index in [-0.39, 0.29) is 17.9 Å². The third kappa shape index (κ3) is 4.76. The Hall–Kier alpha value is -2.53. The summed E-state index contributed by atoms with van der Waals surface area (Å²) < 4.78 is 0. The van der Waals surface area contributed by atoms with Crippen molar-refractivity contribution >= 4 is 29.2 Å². The number of anilines is 1. The van der Waals surface area contributed by atoms with Gasteiger partial charge in [0.25, 0.3) is 0 Å². The van der Waals surface area contributed by atoms with Gasteiger partial charge in [0, 0.05) is 30.3 Å². The summed E-state index contributed by atoms with van der Waals surface area (Å²) in [5.74, 6) is -0.241. The van der Waals surface area contributed by atoms with Crippen LogP contribution in [0.2, 0.25) is 5.02 Å². The van der Waals surface area contributed by atoms with Gasteiger partial charge < -0.3 is 15.5 Å². The summed E-state index contributed by atoms with van der Waals surface area (Å²) in [6.07, 6.45) is 1.59. The number of urea groups is 1. The van der Waals surface area contributed by atoms with Crippen LogP contribution in [0.1, 0.15) is 18.4 Å². The Bertz CT molecular complexity index is 767. The molecule has 0 unspecified atom stereocenters. The quantitative estimate of drug-likeness (QED) is 0.856. The number of nitrogens with one attached hydrogen (secondary N) is 2. The standard InChI is InChI=1S/C20H22ClN3O2/c21-18-11-5-4-7-15(18)13-22-19(25)16-8-6-12-24(14-16)20(26)23-17-9-2-1-3-10-17/h1-5,7,9-11,16H,6,8,12-14H2,(H,22,25)(H,23,26)/t16-/m0/s1. The fraction of sp³-hybridized carbons (Fsp3) is 0.300.